The summed E-state index contributed by atoms with van der Waals surface area (Å²) in [7, 11) is -3.55. The van der Waals surface area contributed by atoms with Crippen molar-refractivity contribution in [2.45, 2.75) is 19.3 Å². The van der Waals surface area contributed by atoms with Gasteiger partial charge in [0.05, 0.1) is 0 Å². The van der Waals surface area contributed by atoms with E-state index in [1.807, 2.05) is 30.3 Å². The largest absolute Gasteiger partial charge is 0.340 e. The smallest absolute Gasteiger partial charge is 0.236 e. The third-order valence-corrected chi connectivity index (χ3v) is 6.45. The van der Waals surface area contributed by atoms with Gasteiger partial charge in [0.15, 0.2) is 0 Å². The van der Waals surface area contributed by atoms with Crippen molar-refractivity contribution in [3.05, 3.63) is 41.3 Å². The second-order valence-electron chi connectivity index (χ2n) is 6.73. The van der Waals surface area contributed by atoms with Crippen molar-refractivity contribution >= 4 is 33.8 Å². The van der Waals surface area contributed by atoms with Crippen LogP contribution < -0.4 is 0 Å². The fourth-order valence-corrected chi connectivity index (χ4v) is 4.42. The summed E-state index contributed by atoms with van der Waals surface area (Å²) >= 11 is 0. The molecule has 0 bridgehead atoms. The van der Waals surface area contributed by atoms with Crippen LogP contribution >= 0.6 is 0 Å². The monoisotopic (exact) mass is 405 g/mol. The maximum absolute atomic E-state index is 12.5. The van der Waals surface area contributed by atoms with Crippen molar-refractivity contribution in [3.63, 3.8) is 0 Å². The molecule has 9 heteroatoms. The zero-order valence-corrected chi connectivity index (χ0v) is 16.3. The van der Waals surface area contributed by atoms with Crippen molar-refractivity contribution in [2.75, 3.05) is 32.7 Å². The summed E-state index contributed by atoms with van der Waals surface area (Å²) < 4.78 is 26.3. The molecule has 3 amide bonds. The Morgan fingerprint density at radius 3 is 2.18 bits per heavy atom. The van der Waals surface area contributed by atoms with Gasteiger partial charge in [0.25, 0.3) is 0 Å². The average molecular weight is 405 g/mol. The Balaban J connectivity index is 1.49. The molecule has 1 aromatic carbocycles. The molecule has 3 rings (SSSR count). The van der Waals surface area contributed by atoms with Crippen LogP contribution in [0, 0.1) is 0 Å². The SMILES string of the molecule is O=C(CCN1C(=O)CCC1=O)N1CCN(S(=O)(=O)/C=C/c2ccccc2)CC1. The molecule has 0 saturated carbocycles. The lowest BCUT2D eigenvalue weighted by atomic mass is 10.2. The van der Waals surface area contributed by atoms with Gasteiger partial charge in [-0.25, -0.2) is 8.42 Å². The Morgan fingerprint density at radius 2 is 1.57 bits per heavy atom. The third-order valence-electron chi connectivity index (χ3n) is 4.89. The minimum absolute atomic E-state index is 0.0676. The van der Waals surface area contributed by atoms with Gasteiger partial charge in [0.1, 0.15) is 0 Å². The Morgan fingerprint density at radius 1 is 0.964 bits per heavy atom. The fourth-order valence-electron chi connectivity index (χ4n) is 3.24. The molecule has 8 nitrogen and oxygen atoms in total. The van der Waals surface area contributed by atoms with E-state index in [4.69, 9.17) is 0 Å². The van der Waals surface area contributed by atoms with Gasteiger partial charge in [-0.15, -0.1) is 0 Å². The van der Waals surface area contributed by atoms with Gasteiger partial charge >= 0.3 is 0 Å². The van der Waals surface area contributed by atoms with E-state index in [1.54, 1.807) is 11.0 Å². The van der Waals surface area contributed by atoms with Crippen LogP contribution in [-0.4, -0.2) is 73.0 Å². The van der Waals surface area contributed by atoms with E-state index >= 15 is 0 Å². The topological polar surface area (TPSA) is 95.1 Å². The Bertz CT molecular complexity index is 858. The normalized spacial score (nSPS) is 19.0. The van der Waals surface area contributed by atoms with Crippen LogP contribution in [0.3, 0.4) is 0 Å². The number of likely N-dealkylation sites (tertiary alicyclic amines) is 1. The number of imide groups is 1. The highest BCUT2D eigenvalue weighted by Crippen LogP contribution is 2.14. The molecular weight excluding hydrogens is 382 g/mol. The number of rotatable bonds is 6. The molecule has 2 heterocycles. The first-order valence-corrected chi connectivity index (χ1v) is 10.7. The van der Waals surface area contributed by atoms with E-state index in [-0.39, 0.29) is 56.6 Å². The second kappa shape index (κ2) is 8.66. The van der Waals surface area contributed by atoms with Crippen molar-refractivity contribution < 1.29 is 22.8 Å². The second-order valence-corrected chi connectivity index (χ2v) is 8.55. The number of amides is 3. The molecule has 0 unspecified atom stereocenters. The molecule has 0 spiro atoms. The predicted octanol–water partition coefficient (Wildman–Crippen LogP) is 0.670. The summed E-state index contributed by atoms with van der Waals surface area (Å²) in [6.45, 7) is 1.11. The van der Waals surface area contributed by atoms with Crippen LogP contribution in [-0.2, 0) is 24.4 Å². The first-order valence-electron chi connectivity index (χ1n) is 9.21. The van der Waals surface area contributed by atoms with Gasteiger partial charge in [-0.2, -0.15) is 4.31 Å². The first-order chi connectivity index (χ1) is 13.4. The molecule has 2 aliphatic heterocycles. The fraction of sp³-hybridized carbons (Fsp3) is 0.421. The summed E-state index contributed by atoms with van der Waals surface area (Å²) in [5.41, 5.74) is 0.797. The van der Waals surface area contributed by atoms with Crippen LogP contribution in [0.1, 0.15) is 24.8 Å². The lowest BCUT2D eigenvalue weighted by molar-refractivity contribution is -0.139. The molecular formula is C19H23N3O5S. The van der Waals surface area contributed by atoms with E-state index in [1.165, 1.54) is 9.71 Å². The van der Waals surface area contributed by atoms with Crippen molar-refractivity contribution in [1.29, 1.82) is 0 Å². The van der Waals surface area contributed by atoms with Crippen LogP contribution in [0.15, 0.2) is 35.7 Å². The number of carbonyl (C=O) groups excluding carboxylic acids is 3. The van der Waals surface area contributed by atoms with Crippen LogP contribution in [0.5, 0.6) is 0 Å². The molecule has 0 atom stereocenters. The Labute approximate surface area is 164 Å². The van der Waals surface area contributed by atoms with Crippen LogP contribution in [0.2, 0.25) is 0 Å². The molecule has 0 aliphatic carbocycles. The highest BCUT2D eigenvalue weighted by molar-refractivity contribution is 7.92. The van der Waals surface area contributed by atoms with Crippen molar-refractivity contribution in [1.82, 2.24) is 14.1 Å². The van der Waals surface area contributed by atoms with Gasteiger partial charge < -0.3 is 4.90 Å². The summed E-state index contributed by atoms with van der Waals surface area (Å²) in [4.78, 5) is 38.2. The van der Waals surface area contributed by atoms with Gasteiger partial charge in [-0.1, -0.05) is 30.3 Å². The molecule has 2 fully saturated rings. The number of benzene rings is 1. The Hall–Kier alpha value is -2.52. The zero-order chi connectivity index (χ0) is 20.1. The number of hydrogen-bond acceptors (Lipinski definition) is 5. The molecule has 0 aromatic heterocycles. The predicted molar refractivity (Wildman–Crippen MR) is 103 cm³/mol. The summed E-state index contributed by atoms with van der Waals surface area (Å²) in [5.74, 6) is -0.651. The maximum atomic E-state index is 12.5. The van der Waals surface area contributed by atoms with E-state index in [0.29, 0.717) is 13.1 Å². The van der Waals surface area contributed by atoms with Crippen molar-refractivity contribution in [2.24, 2.45) is 0 Å². The molecule has 0 N–H and O–H groups in total. The molecule has 150 valence electrons. The minimum atomic E-state index is -3.55. The van der Waals surface area contributed by atoms with Crippen molar-refractivity contribution in [3.8, 4) is 0 Å². The number of nitrogens with zero attached hydrogens (tertiary/aromatic N) is 3. The van der Waals surface area contributed by atoms with Gasteiger partial charge in [0, 0.05) is 57.4 Å². The first kappa shape index (κ1) is 20.2. The average Bonchev–Trinajstić information content (AvgIpc) is 3.03. The number of piperazine rings is 1. The highest BCUT2D eigenvalue weighted by atomic mass is 32.2. The number of sulfonamides is 1. The van der Waals surface area contributed by atoms with E-state index in [2.05, 4.69) is 0 Å². The minimum Gasteiger partial charge on any atom is -0.340 e. The lowest BCUT2D eigenvalue weighted by Crippen LogP contribution is -2.50. The molecule has 28 heavy (non-hydrogen) atoms. The molecule has 1 aromatic rings. The highest BCUT2D eigenvalue weighted by Gasteiger charge is 2.31. The quantitative estimate of drug-likeness (QED) is 0.649. The number of carbonyl (C=O) groups is 3. The molecule has 0 radical (unpaired) electrons. The van der Waals surface area contributed by atoms with Gasteiger partial charge in [0.2, 0.25) is 27.7 Å². The zero-order valence-electron chi connectivity index (χ0n) is 15.5. The van der Waals surface area contributed by atoms with Gasteiger partial charge in [-0.05, 0) is 11.6 Å². The summed E-state index contributed by atoms with van der Waals surface area (Å²) in [6, 6.07) is 9.16. The Kier molecular flexibility index (Phi) is 6.25. The van der Waals surface area contributed by atoms with E-state index in [9.17, 15) is 22.8 Å². The number of hydrogen-bond donors (Lipinski definition) is 0. The van der Waals surface area contributed by atoms with E-state index in [0.717, 1.165) is 10.5 Å². The molecule has 2 aliphatic rings. The summed E-state index contributed by atoms with van der Waals surface area (Å²) in [5, 5.41) is 1.18. The summed E-state index contributed by atoms with van der Waals surface area (Å²) in [6.07, 6.45) is 2.04. The molecule has 2 saturated heterocycles. The van der Waals surface area contributed by atoms with Crippen LogP contribution in [0.4, 0.5) is 0 Å². The third kappa shape index (κ3) is 4.85. The maximum Gasteiger partial charge on any atom is 0.236 e. The van der Waals surface area contributed by atoms with Gasteiger partial charge in [-0.3, -0.25) is 19.3 Å². The lowest BCUT2D eigenvalue weighted by Gasteiger charge is -2.33. The van der Waals surface area contributed by atoms with Crippen LogP contribution in [0.25, 0.3) is 6.08 Å². The van der Waals surface area contributed by atoms with E-state index < -0.39 is 10.0 Å². The standard InChI is InChI=1S/C19H23N3O5S/c23-17(8-10-22-18(24)6-7-19(22)25)20-11-13-21(14-12-20)28(26,27)15-9-16-4-2-1-3-5-16/h1-5,9,15H,6-8,10-14H2/b15-9+.